The van der Waals surface area contributed by atoms with Crippen molar-refractivity contribution in [1.29, 1.82) is 0 Å². The Morgan fingerprint density at radius 2 is 1.29 bits per heavy atom. The lowest BCUT2D eigenvalue weighted by Gasteiger charge is -2.29. The van der Waals surface area contributed by atoms with Crippen LogP contribution in [0, 0.1) is 5.41 Å². The summed E-state index contributed by atoms with van der Waals surface area (Å²) >= 11 is 0. The summed E-state index contributed by atoms with van der Waals surface area (Å²) in [4.78, 5) is 13.6. The molecule has 2 aromatic carbocycles. The van der Waals surface area contributed by atoms with Gasteiger partial charge in [-0.15, -0.1) is 0 Å². The fourth-order valence-electron chi connectivity index (χ4n) is 2.46. The predicted octanol–water partition coefficient (Wildman–Crippen LogP) is 3.91. The molecule has 0 fully saturated rings. The molecule has 0 aliphatic heterocycles. The molecule has 110 valence electrons. The minimum Gasteiger partial charge on any atom is -0.303 e. The summed E-state index contributed by atoms with van der Waals surface area (Å²) in [5, 5.41) is 0. The number of benzene rings is 2. The Morgan fingerprint density at radius 1 is 0.857 bits per heavy atom. The highest BCUT2D eigenvalue weighted by Crippen LogP contribution is 2.18. The van der Waals surface area contributed by atoms with Gasteiger partial charge in [0.05, 0.1) is 0 Å². The van der Waals surface area contributed by atoms with E-state index in [1.54, 1.807) is 0 Å². The number of carbonyl (C=O) groups excluding carboxylic acids is 1. The van der Waals surface area contributed by atoms with Gasteiger partial charge >= 0.3 is 0 Å². The molecule has 0 saturated carbocycles. The molecule has 0 aromatic heterocycles. The zero-order chi connectivity index (χ0) is 15.1. The Hall–Kier alpha value is -1.93. The van der Waals surface area contributed by atoms with Crippen molar-refractivity contribution in [3.8, 4) is 0 Å². The molecule has 2 heteroatoms. The van der Waals surface area contributed by atoms with Crippen LogP contribution in [0.4, 0.5) is 0 Å². The first kappa shape index (κ1) is 15.5. The topological polar surface area (TPSA) is 20.3 Å². The lowest BCUT2D eigenvalue weighted by molar-refractivity contribution is -0.115. The fraction of sp³-hybridized carbons (Fsp3) is 0.316. The molecule has 0 unspecified atom stereocenters. The van der Waals surface area contributed by atoms with Gasteiger partial charge in [0.25, 0.3) is 0 Å². The molecule has 0 aliphatic rings. The van der Waals surface area contributed by atoms with E-state index in [-0.39, 0.29) is 5.41 Å². The monoisotopic (exact) mass is 281 g/mol. The fourth-order valence-corrected chi connectivity index (χ4v) is 2.46. The molecule has 0 bridgehead atoms. The number of carbonyl (C=O) groups is 1. The Morgan fingerprint density at radius 3 is 1.67 bits per heavy atom. The molecule has 0 heterocycles. The third-order valence-corrected chi connectivity index (χ3v) is 3.45. The van der Waals surface area contributed by atoms with Gasteiger partial charge in [-0.05, 0) is 11.1 Å². The zero-order valence-corrected chi connectivity index (χ0v) is 12.8. The second kappa shape index (κ2) is 7.19. The Balaban J connectivity index is 2.12. The van der Waals surface area contributed by atoms with Crippen molar-refractivity contribution >= 4 is 6.29 Å². The van der Waals surface area contributed by atoms with Crippen molar-refractivity contribution in [2.75, 3.05) is 6.54 Å². The maximum Gasteiger partial charge on any atom is 0.126 e. The van der Waals surface area contributed by atoms with Gasteiger partial charge in [0, 0.05) is 25.0 Å². The van der Waals surface area contributed by atoms with Crippen LogP contribution in [0.5, 0.6) is 0 Å². The van der Waals surface area contributed by atoms with Gasteiger partial charge in [0.2, 0.25) is 0 Å². The summed E-state index contributed by atoms with van der Waals surface area (Å²) in [6.07, 6.45) is 1.05. The molecule has 21 heavy (non-hydrogen) atoms. The molecule has 0 aliphatic carbocycles. The minimum atomic E-state index is -0.330. The first-order valence-corrected chi connectivity index (χ1v) is 7.36. The number of aldehydes is 1. The summed E-state index contributed by atoms with van der Waals surface area (Å²) in [5.74, 6) is 0. The minimum absolute atomic E-state index is 0.330. The second-order valence-corrected chi connectivity index (χ2v) is 6.22. The Bertz CT molecular complexity index is 507. The normalized spacial score (nSPS) is 11.6. The molecule has 0 atom stereocenters. The molecule has 0 radical (unpaired) electrons. The van der Waals surface area contributed by atoms with Crippen molar-refractivity contribution in [2.45, 2.75) is 26.9 Å². The summed E-state index contributed by atoms with van der Waals surface area (Å²) in [5.41, 5.74) is 2.22. The molecule has 2 nitrogen and oxygen atoms in total. The predicted molar refractivity (Wildman–Crippen MR) is 86.8 cm³/mol. The summed E-state index contributed by atoms with van der Waals surface area (Å²) in [7, 11) is 0. The van der Waals surface area contributed by atoms with Crippen LogP contribution < -0.4 is 0 Å². The van der Waals surface area contributed by atoms with Crippen LogP contribution in [0.1, 0.15) is 25.0 Å². The summed E-state index contributed by atoms with van der Waals surface area (Å²) in [6.45, 7) is 6.44. The van der Waals surface area contributed by atoms with Gasteiger partial charge < -0.3 is 4.79 Å². The molecular formula is C19H23NO. The van der Waals surface area contributed by atoms with Crippen LogP contribution >= 0.6 is 0 Å². The maximum atomic E-state index is 11.2. The van der Waals surface area contributed by atoms with Gasteiger partial charge in [-0.3, -0.25) is 4.90 Å². The highest BCUT2D eigenvalue weighted by molar-refractivity contribution is 5.58. The van der Waals surface area contributed by atoms with Crippen molar-refractivity contribution in [2.24, 2.45) is 5.41 Å². The van der Waals surface area contributed by atoms with Gasteiger partial charge in [-0.1, -0.05) is 74.5 Å². The summed E-state index contributed by atoms with van der Waals surface area (Å²) in [6, 6.07) is 20.8. The quantitative estimate of drug-likeness (QED) is 0.717. The standard InChI is InChI=1S/C19H23NO/c1-19(2,16-21)15-20(13-17-9-5-3-6-10-17)14-18-11-7-4-8-12-18/h3-12,16H,13-15H2,1-2H3. The van der Waals surface area contributed by atoms with Gasteiger partial charge in [-0.25, -0.2) is 0 Å². The molecule has 0 N–H and O–H groups in total. The van der Waals surface area contributed by atoms with Crippen LogP contribution in [0.15, 0.2) is 60.7 Å². The first-order valence-electron chi connectivity index (χ1n) is 7.36. The van der Waals surface area contributed by atoms with Crippen LogP contribution in [-0.4, -0.2) is 17.7 Å². The third kappa shape index (κ3) is 5.16. The van der Waals surface area contributed by atoms with Gasteiger partial charge in [0.15, 0.2) is 0 Å². The van der Waals surface area contributed by atoms with Gasteiger partial charge in [-0.2, -0.15) is 0 Å². The number of rotatable bonds is 7. The van der Waals surface area contributed by atoms with E-state index in [9.17, 15) is 4.79 Å². The molecule has 2 rings (SSSR count). The zero-order valence-electron chi connectivity index (χ0n) is 12.8. The van der Waals surface area contributed by atoms with Crippen LogP contribution in [0.3, 0.4) is 0 Å². The van der Waals surface area contributed by atoms with Crippen LogP contribution in [-0.2, 0) is 17.9 Å². The summed E-state index contributed by atoms with van der Waals surface area (Å²) < 4.78 is 0. The van der Waals surface area contributed by atoms with E-state index in [2.05, 4.69) is 53.4 Å². The van der Waals surface area contributed by atoms with E-state index in [4.69, 9.17) is 0 Å². The van der Waals surface area contributed by atoms with E-state index in [1.165, 1.54) is 11.1 Å². The lowest BCUT2D eigenvalue weighted by atomic mass is 9.94. The van der Waals surface area contributed by atoms with Crippen molar-refractivity contribution in [3.05, 3.63) is 71.8 Å². The number of nitrogens with zero attached hydrogens (tertiary/aromatic N) is 1. The highest BCUT2D eigenvalue weighted by Gasteiger charge is 2.21. The van der Waals surface area contributed by atoms with E-state index >= 15 is 0 Å². The molecular weight excluding hydrogens is 258 g/mol. The maximum absolute atomic E-state index is 11.2. The SMILES string of the molecule is CC(C)(C=O)CN(Cc1ccccc1)Cc1ccccc1. The van der Waals surface area contributed by atoms with Crippen molar-refractivity contribution < 1.29 is 4.79 Å². The van der Waals surface area contributed by atoms with Crippen molar-refractivity contribution in [3.63, 3.8) is 0 Å². The Labute approximate surface area is 127 Å². The smallest absolute Gasteiger partial charge is 0.126 e. The largest absolute Gasteiger partial charge is 0.303 e. The average Bonchev–Trinajstić information content (AvgIpc) is 2.49. The van der Waals surface area contributed by atoms with Gasteiger partial charge in [0.1, 0.15) is 6.29 Å². The van der Waals surface area contributed by atoms with Crippen LogP contribution in [0.25, 0.3) is 0 Å². The number of hydrogen-bond acceptors (Lipinski definition) is 2. The lowest BCUT2D eigenvalue weighted by Crippen LogP contribution is -2.34. The Kier molecular flexibility index (Phi) is 5.29. The first-order chi connectivity index (χ1) is 10.1. The van der Waals surface area contributed by atoms with E-state index < -0.39 is 0 Å². The molecule has 0 spiro atoms. The van der Waals surface area contributed by atoms with Crippen LogP contribution in [0.2, 0.25) is 0 Å². The third-order valence-electron chi connectivity index (χ3n) is 3.45. The van der Waals surface area contributed by atoms with E-state index in [0.717, 1.165) is 25.9 Å². The highest BCUT2D eigenvalue weighted by atomic mass is 16.1. The average molecular weight is 281 g/mol. The van der Waals surface area contributed by atoms with E-state index in [1.807, 2.05) is 26.0 Å². The molecule has 0 saturated heterocycles. The molecule has 0 amide bonds. The second-order valence-electron chi connectivity index (χ2n) is 6.22. The number of hydrogen-bond donors (Lipinski definition) is 0. The molecule has 2 aromatic rings. The van der Waals surface area contributed by atoms with Crippen molar-refractivity contribution in [1.82, 2.24) is 4.90 Å². The van der Waals surface area contributed by atoms with E-state index in [0.29, 0.717) is 0 Å².